The van der Waals surface area contributed by atoms with Crippen molar-refractivity contribution in [2.75, 3.05) is 20.3 Å². The van der Waals surface area contributed by atoms with Gasteiger partial charge in [-0.2, -0.15) is 0 Å². The summed E-state index contributed by atoms with van der Waals surface area (Å²) in [5, 5.41) is 12.6. The summed E-state index contributed by atoms with van der Waals surface area (Å²) in [7, 11) is 1.69. The predicted octanol–water partition coefficient (Wildman–Crippen LogP) is 2.35. The molecule has 0 aromatic heterocycles. The molecule has 1 rings (SSSR count). The van der Waals surface area contributed by atoms with E-state index in [1.807, 2.05) is 0 Å². The van der Waals surface area contributed by atoms with Crippen molar-refractivity contribution >= 4 is 0 Å². The van der Waals surface area contributed by atoms with Gasteiger partial charge in [0.05, 0.1) is 6.61 Å². The monoisotopic (exact) mass is 251 g/mol. The second-order valence-electron chi connectivity index (χ2n) is 4.91. The van der Waals surface area contributed by atoms with Crippen LogP contribution in [0.2, 0.25) is 0 Å². The lowest BCUT2D eigenvalue weighted by atomic mass is 9.99. The van der Waals surface area contributed by atoms with E-state index in [-0.39, 0.29) is 18.7 Å². The molecule has 1 aromatic rings. The summed E-state index contributed by atoms with van der Waals surface area (Å²) < 4.78 is 5.17. The van der Waals surface area contributed by atoms with Crippen LogP contribution in [-0.4, -0.2) is 31.5 Å². The topological polar surface area (TPSA) is 41.5 Å². The van der Waals surface area contributed by atoms with Gasteiger partial charge in [-0.1, -0.05) is 23.8 Å². The zero-order chi connectivity index (χ0) is 13.5. The van der Waals surface area contributed by atoms with Gasteiger partial charge in [0.15, 0.2) is 0 Å². The van der Waals surface area contributed by atoms with Crippen LogP contribution in [0, 0.1) is 13.8 Å². The maximum absolute atomic E-state index is 9.04. The molecular weight excluding hydrogens is 226 g/mol. The molecule has 2 atom stereocenters. The molecule has 0 saturated carbocycles. The van der Waals surface area contributed by atoms with Gasteiger partial charge in [0, 0.05) is 25.8 Å². The van der Waals surface area contributed by atoms with Crippen molar-refractivity contribution in [3.63, 3.8) is 0 Å². The zero-order valence-corrected chi connectivity index (χ0v) is 11.9. The molecule has 0 amide bonds. The number of aryl methyl sites for hydroxylation is 2. The van der Waals surface area contributed by atoms with Crippen molar-refractivity contribution in [2.45, 2.75) is 39.3 Å². The summed E-state index contributed by atoms with van der Waals surface area (Å²) in [4.78, 5) is 0. The van der Waals surface area contributed by atoms with E-state index in [9.17, 15) is 0 Å². The Morgan fingerprint density at radius 3 is 2.61 bits per heavy atom. The van der Waals surface area contributed by atoms with Crippen molar-refractivity contribution in [3.8, 4) is 0 Å². The minimum atomic E-state index is 0.181. The van der Waals surface area contributed by atoms with E-state index in [0.717, 1.165) is 0 Å². The van der Waals surface area contributed by atoms with Crippen LogP contribution in [0.5, 0.6) is 0 Å². The first-order valence-electron chi connectivity index (χ1n) is 6.51. The Hall–Kier alpha value is -0.900. The SMILES string of the molecule is COCC(CCO)NC(C)c1ccc(C)cc1C. The minimum absolute atomic E-state index is 0.181. The van der Waals surface area contributed by atoms with Gasteiger partial charge in [-0.25, -0.2) is 0 Å². The molecule has 0 aliphatic carbocycles. The van der Waals surface area contributed by atoms with E-state index in [1.165, 1.54) is 16.7 Å². The van der Waals surface area contributed by atoms with Gasteiger partial charge in [-0.05, 0) is 38.3 Å². The van der Waals surface area contributed by atoms with Crippen LogP contribution in [0.25, 0.3) is 0 Å². The third kappa shape index (κ3) is 4.41. The number of aliphatic hydroxyl groups excluding tert-OH is 1. The molecule has 2 N–H and O–H groups in total. The molecule has 0 radical (unpaired) electrons. The highest BCUT2D eigenvalue weighted by atomic mass is 16.5. The smallest absolute Gasteiger partial charge is 0.0616 e. The number of rotatable bonds is 7. The number of hydrogen-bond acceptors (Lipinski definition) is 3. The quantitative estimate of drug-likeness (QED) is 0.781. The van der Waals surface area contributed by atoms with Crippen LogP contribution < -0.4 is 5.32 Å². The van der Waals surface area contributed by atoms with E-state index < -0.39 is 0 Å². The highest BCUT2D eigenvalue weighted by Gasteiger charge is 2.14. The molecule has 2 unspecified atom stereocenters. The standard InChI is InChI=1S/C15H25NO2/c1-11-5-6-15(12(2)9-11)13(3)16-14(7-8-17)10-18-4/h5-6,9,13-14,16-17H,7-8,10H2,1-4H3. The number of hydrogen-bond donors (Lipinski definition) is 2. The van der Waals surface area contributed by atoms with E-state index in [2.05, 4.69) is 44.3 Å². The molecular formula is C15H25NO2. The molecule has 0 bridgehead atoms. The fraction of sp³-hybridized carbons (Fsp3) is 0.600. The van der Waals surface area contributed by atoms with Gasteiger partial charge in [-0.3, -0.25) is 0 Å². The lowest BCUT2D eigenvalue weighted by Crippen LogP contribution is -2.36. The van der Waals surface area contributed by atoms with Crippen molar-refractivity contribution < 1.29 is 9.84 Å². The first-order chi connectivity index (χ1) is 8.58. The summed E-state index contributed by atoms with van der Waals surface area (Å²) in [5.74, 6) is 0. The second kappa shape index (κ2) is 7.52. The van der Waals surface area contributed by atoms with E-state index >= 15 is 0 Å². The number of benzene rings is 1. The van der Waals surface area contributed by atoms with Crippen LogP contribution in [-0.2, 0) is 4.74 Å². The van der Waals surface area contributed by atoms with Gasteiger partial charge >= 0.3 is 0 Å². The number of ether oxygens (including phenoxy) is 1. The number of aliphatic hydroxyl groups is 1. The summed E-state index contributed by atoms with van der Waals surface area (Å²) in [6.45, 7) is 7.19. The van der Waals surface area contributed by atoms with Crippen LogP contribution in [0.1, 0.15) is 36.1 Å². The van der Waals surface area contributed by atoms with Crippen LogP contribution >= 0.6 is 0 Å². The molecule has 0 aliphatic rings. The van der Waals surface area contributed by atoms with Crippen LogP contribution in [0.3, 0.4) is 0 Å². The summed E-state index contributed by atoms with van der Waals surface area (Å²) in [5.41, 5.74) is 3.89. The van der Waals surface area contributed by atoms with Crippen LogP contribution in [0.4, 0.5) is 0 Å². The van der Waals surface area contributed by atoms with E-state index in [0.29, 0.717) is 13.0 Å². The fourth-order valence-electron chi connectivity index (χ4n) is 2.33. The molecule has 1 aromatic carbocycles. The van der Waals surface area contributed by atoms with Crippen molar-refractivity contribution in [1.29, 1.82) is 0 Å². The third-order valence-corrected chi connectivity index (χ3v) is 3.22. The first-order valence-corrected chi connectivity index (χ1v) is 6.51. The zero-order valence-electron chi connectivity index (χ0n) is 11.9. The average Bonchev–Trinajstić information content (AvgIpc) is 2.29. The highest BCUT2D eigenvalue weighted by molar-refractivity contribution is 5.32. The lowest BCUT2D eigenvalue weighted by molar-refractivity contribution is 0.143. The van der Waals surface area contributed by atoms with E-state index in [1.54, 1.807) is 7.11 Å². The van der Waals surface area contributed by atoms with Crippen molar-refractivity contribution in [3.05, 3.63) is 34.9 Å². The Morgan fingerprint density at radius 1 is 1.33 bits per heavy atom. The third-order valence-electron chi connectivity index (χ3n) is 3.22. The Balaban J connectivity index is 2.70. The molecule has 0 heterocycles. The Morgan fingerprint density at radius 2 is 2.06 bits per heavy atom. The number of nitrogens with one attached hydrogen (secondary N) is 1. The Kier molecular flexibility index (Phi) is 6.33. The molecule has 3 nitrogen and oxygen atoms in total. The van der Waals surface area contributed by atoms with Gasteiger partial charge in [0.25, 0.3) is 0 Å². The van der Waals surface area contributed by atoms with Gasteiger partial charge in [0.2, 0.25) is 0 Å². The predicted molar refractivity (Wildman–Crippen MR) is 74.8 cm³/mol. The maximum Gasteiger partial charge on any atom is 0.0616 e. The van der Waals surface area contributed by atoms with Crippen LogP contribution in [0.15, 0.2) is 18.2 Å². The highest BCUT2D eigenvalue weighted by Crippen LogP contribution is 2.19. The second-order valence-corrected chi connectivity index (χ2v) is 4.91. The molecule has 102 valence electrons. The molecule has 0 saturated heterocycles. The minimum Gasteiger partial charge on any atom is -0.396 e. The molecule has 18 heavy (non-hydrogen) atoms. The van der Waals surface area contributed by atoms with Gasteiger partial charge in [0.1, 0.15) is 0 Å². The summed E-state index contributed by atoms with van der Waals surface area (Å²) in [6.07, 6.45) is 0.711. The molecule has 0 fully saturated rings. The van der Waals surface area contributed by atoms with E-state index in [4.69, 9.17) is 9.84 Å². The number of methoxy groups -OCH3 is 1. The average molecular weight is 251 g/mol. The molecule has 0 spiro atoms. The summed E-state index contributed by atoms with van der Waals surface area (Å²) >= 11 is 0. The lowest BCUT2D eigenvalue weighted by Gasteiger charge is -2.24. The van der Waals surface area contributed by atoms with Crippen molar-refractivity contribution in [2.24, 2.45) is 0 Å². The summed E-state index contributed by atoms with van der Waals surface area (Å²) in [6, 6.07) is 6.96. The Labute approximate surface area is 110 Å². The molecule has 3 heteroatoms. The van der Waals surface area contributed by atoms with Gasteiger partial charge < -0.3 is 15.2 Å². The fourth-order valence-corrected chi connectivity index (χ4v) is 2.33. The Bertz CT molecular complexity index is 360. The normalized spacial score (nSPS) is 14.5. The van der Waals surface area contributed by atoms with Gasteiger partial charge in [-0.15, -0.1) is 0 Å². The van der Waals surface area contributed by atoms with Crippen molar-refractivity contribution in [1.82, 2.24) is 5.32 Å². The molecule has 0 aliphatic heterocycles. The largest absolute Gasteiger partial charge is 0.396 e. The maximum atomic E-state index is 9.04. The first kappa shape index (κ1) is 15.2.